The van der Waals surface area contributed by atoms with E-state index in [-0.39, 0.29) is 5.56 Å². The Balaban J connectivity index is 2.57. The monoisotopic (exact) mass is 257 g/mol. The van der Waals surface area contributed by atoms with E-state index in [2.05, 4.69) is 0 Å². The van der Waals surface area contributed by atoms with Gasteiger partial charge in [-0.05, 0) is 35.6 Å². The summed E-state index contributed by atoms with van der Waals surface area (Å²) in [6.45, 7) is 1.81. The van der Waals surface area contributed by atoms with Crippen LogP contribution in [0.4, 0.5) is 18.9 Å². The van der Waals surface area contributed by atoms with Crippen LogP contribution >= 0.6 is 11.3 Å². The van der Waals surface area contributed by atoms with Gasteiger partial charge in [0.2, 0.25) is 0 Å². The molecule has 90 valence electrons. The molecule has 0 aliphatic heterocycles. The van der Waals surface area contributed by atoms with Crippen LogP contribution in [0.25, 0.3) is 11.1 Å². The number of halogens is 3. The van der Waals surface area contributed by atoms with Crippen molar-refractivity contribution in [2.45, 2.75) is 13.1 Å². The van der Waals surface area contributed by atoms with Gasteiger partial charge in [-0.2, -0.15) is 24.5 Å². The minimum absolute atomic E-state index is 0.193. The Labute approximate surface area is 101 Å². The van der Waals surface area contributed by atoms with Gasteiger partial charge in [0, 0.05) is 16.6 Å². The summed E-state index contributed by atoms with van der Waals surface area (Å²) in [5.41, 5.74) is 7.06. The maximum atomic E-state index is 12.7. The van der Waals surface area contributed by atoms with Gasteiger partial charge in [0.15, 0.2) is 0 Å². The van der Waals surface area contributed by atoms with E-state index in [1.54, 1.807) is 25.1 Å². The Morgan fingerprint density at radius 2 is 1.82 bits per heavy atom. The maximum Gasteiger partial charge on any atom is 0.417 e. The number of aryl methyl sites for hydroxylation is 1. The Hall–Kier alpha value is -1.49. The van der Waals surface area contributed by atoms with Crippen molar-refractivity contribution < 1.29 is 13.2 Å². The summed E-state index contributed by atoms with van der Waals surface area (Å²) in [5, 5.41) is 2.62. The van der Waals surface area contributed by atoms with Crippen molar-refractivity contribution in [3.63, 3.8) is 0 Å². The van der Waals surface area contributed by atoms with Gasteiger partial charge in [-0.15, -0.1) is 0 Å². The van der Waals surface area contributed by atoms with Crippen LogP contribution in [0, 0.1) is 6.92 Å². The third-order valence-corrected chi connectivity index (χ3v) is 3.12. The first kappa shape index (κ1) is 12.0. The van der Waals surface area contributed by atoms with E-state index in [4.69, 9.17) is 5.73 Å². The number of hydrogen-bond donors (Lipinski definition) is 1. The topological polar surface area (TPSA) is 26.0 Å². The lowest BCUT2D eigenvalue weighted by molar-refractivity contribution is -0.136. The van der Waals surface area contributed by atoms with Crippen molar-refractivity contribution in [1.82, 2.24) is 0 Å². The molecule has 1 aromatic carbocycles. The number of alkyl halides is 3. The predicted molar refractivity (Wildman–Crippen MR) is 63.9 cm³/mol. The Kier molecular flexibility index (Phi) is 2.87. The van der Waals surface area contributed by atoms with Crippen molar-refractivity contribution in [3.8, 4) is 11.1 Å². The number of anilines is 1. The molecule has 17 heavy (non-hydrogen) atoms. The van der Waals surface area contributed by atoms with E-state index in [9.17, 15) is 13.2 Å². The second kappa shape index (κ2) is 4.07. The van der Waals surface area contributed by atoms with Gasteiger partial charge in [-0.3, -0.25) is 0 Å². The van der Waals surface area contributed by atoms with E-state index in [0.29, 0.717) is 11.3 Å². The summed E-state index contributed by atoms with van der Waals surface area (Å²) in [4.78, 5) is 0. The van der Waals surface area contributed by atoms with Gasteiger partial charge in [0.05, 0.1) is 5.56 Å². The SMILES string of the molecule is Cc1cc(N)cc(-c2cscc2C(F)(F)F)c1. The van der Waals surface area contributed by atoms with Crippen LogP contribution in [-0.4, -0.2) is 0 Å². The van der Waals surface area contributed by atoms with Gasteiger partial charge in [-0.1, -0.05) is 6.07 Å². The van der Waals surface area contributed by atoms with Crippen molar-refractivity contribution >= 4 is 17.0 Å². The number of benzene rings is 1. The molecule has 2 aromatic rings. The van der Waals surface area contributed by atoms with Crippen molar-refractivity contribution in [1.29, 1.82) is 0 Å². The highest BCUT2D eigenvalue weighted by Gasteiger charge is 2.34. The number of rotatable bonds is 1. The Morgan fingerprint density at radius 3 is 2.41 bits per heavy atom. The zero-order valence-corrected chi connectivity index (χ0v) is 9.82. The lowest BCUT2D eigenvalue weighted by Gasteiger charge is -2.09. The molecule has 0 fully saturated rings. The molecule has 0 aliphatic rings. The molecule has 0 saturated carbocycles. The highest BCUT2D eigenvalue weighted by molar-refractivity contribution is 7.08. The molecule has 0 radical (unpaired) electrons. The predicted octanol–water partition coefficient (Wildman–Crippen LogP) is 4.32. The molecule has 1 heterocycles. The molecule has 0 bridgehead atoms. The second-order valence-corrected chi connectivity index (χ2v) is 4.57. The fourth-order valence-corrected chi connectivity index (χ4v) is 2.57. The van der Waals surface area contributed by atoms with Gasteiger partial charge in [0.1, 0.15) is 0 Å². The van der Waals surface area contributed by atoms with Gasteiger partial charge in [0.25, 0.3) is 0 Å². The summed E-state index contributed by atoms with van der Waals surface area (Å²) in [5.74, 6) is 0. The standard InChI is InChI=1S/C12H10F3NS/c1-7-2-8(4-9(16)3-7)10-5-17-6-11(10)12(13,14)15/h2-6H,16H2,1H3. The average molecular weight is 257 g/mol. The van der Waals surface area contributed by atoms with Gasteiger partial charge < -0.3 is 5.73 Å². The van der Waals surface area contributed by atoms with Crippen LogP contribution in [0.3, 0.4) is 0 Å². The molecule has 0 amide bonds. The van der Waals surface area contributed by atoms with E-state index < -0.39 is 11.7 Å². The number of thiophene rings is 1. The molecule has 0 aliphatic carbocycles. The normalized spacial score (nSPS) is 11.8. The van der Waals surface area contributed by atoms with Crippen LogP contribution in [0.1, 0.15) is 11.1 Å². The van der Waals surface area contributed by atoms with Gasteiger partial charge in [-0.25, -0.2) is 0 Å². The number of hydrogen-bond acceptors (Lipinski definition) is 2. The second-order valence-electron chi connectivity index (χ2n) is 3.83. The fraction of sp³-hybridized carbons (Fsp3) is 0.167. The molecular weight excluding hydrogens is 247 g/mol. The summed E-state index contributed by atoms with van der Waals surface area (Å²) in [6, 6.07) is 4.99. The summed E-state index contributed by atoms with van der Waals surface area (Å²) >= 11 is 1.04. The van der Waals surface area contributed by atoms with Crippen LogP contribution in [-0.2, 0) is 6.18 Å². The first-order valence-corrected chi connectivity index (χ1v) is 5.83. The highest BCUT2D eigenvalue weighted by Crippen LogP contribution is 2.39. The molecule has 0 atom stereocenters. The quantitative estimate of drug-likeness (QED) is 0.756. The summed E-state index contributed by atoms with van der Waals surface area (Å²) in [7, 11) is 0. The zero-order chi connectivity index (χ0) is 12.6. The van der Waals surface area contributed by atoms with Crippen molar-refractivity contribution in [2.75, 3.05) is 5.73 Å². The zero-order valence-electron chi connectivity index (χ0n) is 9.01. The van der Waals surface area contributed by atoms with Crippen LogP contribution in [0.2, 0.25) is 0 Å². The smallest absolute Gasteiger partial charge is 0.399 e. The Bertz CT molecular complexity index is 523. The van der Waals surface area contributed by atoms with E-state index in [0.717, 1.165) is 22.3 Å². The number of nitrogen functional groups attached to an aromatic ring is 1. The van der Waals surface area contributed by atoms with Crippen molar-refractivity contribution in [2.24, 2.45) is 0 Å². The molecule has 2 rings (SSSR count). The van der Waals surface area contributed by atoms with Crippen molar-refractivity contribution in [3.05, 3.63) is 40.1 Å². The van der Waals surface area contributed by atoms with Crippen LogP contribution in [0.5, 0.6) is 0 Å². The van der Waals surface area contributed by atoms with E-state index in [1.165, 1.54) is 5.38 Å². The fourth-order valence-electron chi connectivity index (χ4n) is 1.71. The lowest BCUT2D eigenvalue weighted by Crippen LogP contribution is -2.04. The third kappa shape index (κ3) is 2.44. The Morgan fingerprint density at radius 1 is 1.12 bits per heavy atom. The van der Waals surface area contributed by atoms with Crippen LogP contribution < -0.4 is 5.73 Å². The summed E-state index contributed by atoms with van der Waals surface area (Å²) < 4.78 is 38.2. The first-order chi connectivity index (χ1) is 7.88. The maximum absolute atomic E-state index is 12.7. The molecule has 5 heteroatoms. The molecule has 2 N–H and O–H groups in total. The molecule has 0 saturated heterocycles. The third-order valence-electron chi connectivity index (χ3n) is 2.38. The largest absolute Gasteiger partial charge is 0.417 e. The lowest BCUT2D eigenvalue weighted by atomic mass is 10.0. The minimum atomic E-state index is -4.33. The van der Waals surface area contributed by atoms with E-state index >= 15 is 0 Å². The minimum Gasteiger partial charge on any atom is -0.399 e. The molecule has 1 aromatic heterocycles. The first-order valence-electron chi connectivity index (χ1n) is 4.89. The van der Waals surface area contributed by atoms with Gasteiger partial charge >= 0.3 is 6.18 Å². The molecule has 1 nitrogen and oxygen atoms in total. The highest BCUT2D eigenvalue weighted by atomic mass is 32.1. The summed E-state index contributed by atoms with van der Waals surface area (Å²) in [6.07, 6.45) is -4.33. The molecular formula is C12H10F3NS. The van der Waals surface area contributed by atoms with E-state index in [1.807, 2.05) is 0 Å². The molecule has 0 spiro atoms. The van der Waals surface area contributed by atoms with Crippen LogP contribution in [0.15, 0.2) is 29.0 Å². The molecule has 0 unspecified atom stereocenters. The number of nitrogens with two attached hydrogens (primary N) is 1. The average Bonchev–Trinajstić information content (AvgIpc) is 2.63.